The number of carbonyl (C=O) groups is 3. The second kappa shape index (κ2) is 7.93. The van der Waals surface area contributed by atoms with Crippen LogP contribution < -0.4 is 0 Å². The first-order chi connectivity index (χ1) is 15.8. The number of hydrogen-bond acceptors (Lipinski definition) is 6. The van der Waals surface area contributed by atoms with Crippen LogP contribution >= 0.6 is 11.6 Å². The van der Waals surface area contributed by atoms with Gasteiger partial charge in [0.25, 0.3) is 0 Å². The molecule has 34 heavy (non-hydrogen) atoms. The number of ether oxygens (including phenoxy) is 1. The smallest absolute Gasteiger partial charge is 0.306 e. The molecule has 0 aromatic rings. The average molecular weight is 501 g/mol. The number of rotatable bonds is 4. The average Bonchev–Trinajstić information content (AvgIpc) is 3.00. The number of fused-ring (bicyclic) bond motifs is 5. The first kappa shape index (κ1) is 25.5. The molecule has 0 aliphatic heterocycles. The summed E-state index contributed by atoms with van der Waals surface area (Å²) >= 11 is 6.60. The quantitative estimate of drug-likeness (QED) is 0.454. The Kier molecular flexibility index (Phi) is 5.94. The maximum absolute atomic E-state index is 17.3. The van der Waals surface area contributed by atoms with Crippen LogP contribution in [0.5, 0.6) is 0 Å². The highest BCUT2D eigenvalue weighted by Crippen LogP contribution is 2.72. The van der Waals surface area contributed by atoms with E-state index in [0.29, 0.717) is 0 Å². The second-order valence-corrected chi connectivity index (χ2v) is 11.2. The van der Waals surface area contributed by atoms with Gasteiger partial charge in [-0.3, -0.25) is 14.4 Å². The molecule has 0 saturated heterocycles. The molecule has 3 fully saturated rings. The number of Topliss-reactive ketones (excluding diaryl/α,β-unsaturated/α-hetero) is 1. The minimum atomic E-state index is -2.44. The van der Waals surface area contributed by atoms with Gasteiger partial charge in [0.05, 0.1) is 11.5 Å². The van der Waals surface area contributed by atoms with E-state index in [2.05, 4.69) is 0 Å². The summed E-state index contributed by atoms with van der Waals surface area (Å²) in [5.41, 5.74) is -7.31. The maximum atomic E-state index is 17.3. The second-order valence-electron chi connectivity index (χ2n) is 10.7. The maximum Gasteiger partial charge on any atom is 0.306 e. The van der Waals surface area contributed by atoms with E-state index in [4.69, 9.17) is 16.3 Å². The van der Waals surface area contributed by atoms with E-state index in [-0.39, 0.29) is 24.8 Å². The zero-order valence-electron chi connectivity index (χ0n) is 19.7. The van der Waals surface area contributed by atoms with Crippen LogP contribution in [0.2, 0.25) is 0 Å². The summed E-state index contributed by atoms with van der Waals surface area (Å²) in [4.78, 5) is 37.6. The van der Waals surface area contributed by atoms with Crippen molar-refractivity contribution in [2.24, 2.45) is 28.6 Å². The summed E-state index contributed by atoms with van der Waals surface area (Å²) in [6.07, 6.45) is -0.166. The van der Waals surface area contributed by atoms with E-state index in [0.717, 1.165) is 6.08 Å². The molecule has 0 amide bonds. The Morgan fingerprint density at radius 1 is 1.32 bits per heavy atom. The van der Waals surface area contributed by atoms with Gasteiger partial charge >= 0.3 is 5.97 Å². The number of allylic oxidation sites excluding steroid dienone is 4. The number of esters is 1. The zero-order chi connectivity index (χ0) is 25.4. The van der Waals surface area contributed by atoms with Gasteiger partial charge in [-0.05, 0) is 43.4 Å². The molecule has 0 aromatic heterocycles. The van der Waals surface area contributed by atoms with Crippen LogP contribution in [0.3, 0.4) is 0 Å². The molecular formula is C25H31ClF2O6. The molecule has 0 aromatic carbocycles. The molecule has 0 bridgehead atoms. The van der Waals surface area contributed by atoms with Gasteiger partial charge in [0.2, 0.25) is 5.78 Å². The van der Waals surface area contributed by atoms with Crippen molar-refractivity contribution in [3.63, 3.8) is 0 Å². The van der Waals surface area contributed by atoms with Crippen molar-refractivity contribution in [1.82, 2.24) is 0 Å². The molecule has 6 nitrogen and oxygen atoms in total. The normalized spacial score (nSPS) is 49.6. The molecule has 0 spiro atoms. The van der Waals surface area contributed by atoms with Gasteiger partial charge < -0.3 is 14.9 Å². The largest absolute Gasteiger partial charge is 0.450 e. The standard InChI is InChI=1S/C25H31ClF2O6/c1-5-18(33)34-25(17(32)11-29)12(2)8-14-19-20(26)21(27)15-9-13(30)6-7-22(15,3)24(19,28)16(31)10-23(14,25)4/h6-7,9,12,14,16,19-21,29,31H,5,8,10-11H2,1-4H3/t12?,14-,16?,19+,20?,21?,22-,23-,24+,25-/m0/s1. The topological polar surface area (TPSA) is 101 Å². The van der Waals surface area contributed by atoms with Crippen LogP contribution in [0.15, 0.2) is 23.8 Å². The number of halogens is 3. The monoisotopic (exact) mass is 500 g/mol. The number of alkyl halides is 3. The van der Waals surface area contributed by atoms with Crippen molar-refractivity contribution >= 4 is 29.1 Å². The molecule has 3 saturated carbocycles. The lowest BCUT2D eigenvalue weighted by Crippen LogP contribution is -2.73. The fourth-order valence-electron chi connectivity index (χ4n) is 7.70. The molecule has 0 radical (unpaired) electrons. The lowest BCUT2D eigenvalue weighted by Gasteiger charge is -2.64. The molecule has 9 heteroatoms. The van der Waals surface area contributed by atoms with Crippen LogP contribution in [-0.4, -0.2) is 63.3 Å². The summed E-state index contributed by atoms with van der Waals surface area (Å²) in [6, 6.07) is 0. The third-order valence-electron chi connectivity index (χ3n) is 9.30. The first-order valence-corrected chi connectivity index (χ1v) is 12.2. The summed E-state index contributed by atoms with van der Waals surface area (Å²) in [5.74, 6) is -4.52. The molecule has 10 atom stereocenters. The fourth-order valence-corrected chi connectivity index (χ4v) is 8.20. The molecule has 2 N–H and O–H groups in total. The Labute approximate surface area is 202 Å². The van der Waals surface area contributed by atoms with E-state index in [1.165, 1.54) is 19.1 Å². The van der Waals surface area contributed by atoms with Crippen molar-refractivity contribution in [2.45, 2.75) is 75.9 Å². The van der Waals surface area contributed by atoms with E-state index in [9.17, 15) is 24.6 Å². The third-order valence-corrected chi connectivity index (χ3v) is 9.80. The first-order valence-electron chi connectivity index (χ1n) is 11.7. The highest BCUT2D eigenvalue weighted by Gasteiger charge is 2.79. The summed E-state index contributed by atoms with van der Waals surface area (Å²) in [5, 5.41) is 19.8. The predicted molar refractivity (Wildman–Crippen MR) is 119 cm³/mol. The van der Waals surface area contributed by atoms with Crippen molar-refractivity contribution in [3.05, 3.63) is 23.8 Å². The molecule has 4 rings (SSSR count). The van der Waals surface area contributed by atoms with E-state index < -0.39 is 81.6 Å². The fraction of sp³-hybridized carbons (Fsp3) is 0.720. The van der Waals surface area contributed by atoms with Gasteiger partial charge in [0.15, 0.2) is 17.1 Å². The molecule has 4 aliphatic carbocycles. The lowest BCUT2D eigenvalue weighted by atomic mass is 9.44. The van der Waals surface area contributed by atoms with Gasteiger partial charge in [-0.15, -0.1) is 11.6 Å². The number of ketones is 2. The SMILES string of the molecule is CCC(=O)O[C@]1(C(=O)CO)C(C)C[C@H]2[C@@H]3C(Cl)C(F)C4=CC(=O)C=C[C@]4(C)[C@@]3(F)C(O)C[C@@]21C. The van der Waals surface area contributed by atoms with Gasteiger partial charge in [-0.1, -0.05) is 26.8 Å². The van der Waals surface area contributed by atoms with Crippen molar-refractivity contribution in [1.29, 1.82) is 0 Å². The molecule has 188 valence electrons. The molecular weight excluding hydrogens is 470 g/mol. The molecule has 4 unspecified atom stereocenters. The van der Waals surface area contributed by atoms with Crippen LogP contribution in [-0.2, 0) is 19.1 Å². The summed E-state index contributed by atoms with van der Waals surface area (Å²) in [6.45, 7) is 5.42. The van der Waals surface area contributed by atoms with Crippen LogP contribution in [0.1, 0.15) is 47.0 Å². The number of hydrogen-bond donors (Lipinski definition) is 2. The Morgan fingerprint density at radius 2 is 1.97 bits per heavy atom. The summed E-state index contributed by atoms with van der Waals surface area (Å²) < 4.78 is 38.8. The highest BCUT2D eigenvalue weighted by molar-refractivity contribution is 6.22. The van der Waals surface area contributed by atoms with Crippen molar-refractivity contribution in [2.75, 3.05) is 6.61 Å². The van der Waals surface area contributed by atoms with Gasteiger partial charge in [0, 0.05) is 29.1 Å². The van der Waals surface area contributed by atoms with Gasteiger partial charge in [-0.25, -0.2) is 8.78 Å². The Bertz CT molecular complexity index is 998. The van der Waals surface area contributed by atoms with E-state index in [1.807, 2.05) is 0 Å². The number of carbonyl (C=O) groups excluding carboxylic acids is 3. The number of aliphatic hydroxyl groups excluding tert-OH is 2. The van der Waals surface area contributed by atoms with E-state index in [1.54, 1.807) is 20.8 Å². The minimum absolute atomic E-state index is 0.0251. The number of aliphatic hydroxyl groups is 2. The van der Waals surface area contributed by atoms with E-state index >= 15 is 8.78 Å². The lowest BCUT2D eigenvalue weighted by molar-refractivity contribution is -0.230. The van der Waals surface area contributed by atoms with Crippen LogP contribution in [0.4, 0.5) is 8.78 Å². The van der Waals surface area contributed by atoms with Crippen LogP contribution in [0.25, 0.3) is 0 Å². The van der Waals surface area contributed by atoms with Gasteiger partial charge in [-0.2, -0.15) is 0 Å². The van der Waals surface area contributed by atoms with Crippen molar-refractivity contribution < 1.29 is 38.1 Å². The Hall–Kier alpha value is -1.64. The predicted octanol–water partition coefficient (Wildman–Crippen LogP) is 3.02. The summed E-state index contributed by atoms with van der Waals surface area (Å²) in [7, 11) is 0. The molecule has 0 heterocycles. The minimum Gasteiger partial charge on any atom is -0.450 e. The Morgan fingerprint density at radius 3 is 2.56 bits per heavy atom. The Balaban J connectivity index is 1.92. The highest BCUT2D eigenvalue weighted by atomic mass is 35.5. The van der Waals surface area contributed by atoms with Gasteiger partial charge in [0.1, 0.15) is 12.8 Å². The zero-order valence-corrected chi connectivity index (χ0v) is 20.4. The van der Waals surface area contributed by atoms with Crippen molar-refractivity contribution in [3.8, 4) is 0 Å². The van der Waals surface area contributed by atoms with Crippen LogP contribution in [0, 0.1) is 28.6 Å². The molecule has 4 aliphatic rings. The third kappa shape index (κ3) is 2.82.